The predicted molar refractivity (Wildman–Crippen MR) is 77.4 cm³/mol. The topological polar surface area (TPSA) is 32.3 Å². The highest BCUT2D eigenvalue weighted by Crippen LogP contribution is 2.22. The number of aliphatic hydroxyl groups excluding tert-OH is 1. The van der Waals surface area contributed by atoms with Gasteiger partial charge in [0.1, 0.15) is 0 Å². The van der Waals surface area contributed by atoms with Crippen molar-refractivity contribution in [1.82, 2.24) is 5.32 Å². The molecule has 0 saturated heterocycles. The Kier molecular flexibility index (Phi) is 5.03. The van der Waals surface area contributed by atoms with Crippen LogP contribution in [0.25, 0.3) is 0 Å². The fourth-order valence-electron chi connectivity index (χ4n) is 1.59. The summed E-state index contributed by atoms with van der Waals surface area (Å²) >= 11 is 13.4. The smallest absolute Gasteiger partial charge is 0.0922 e. The lowest BCUT2D eigenvalue weighted by atomic mass is 10.2. The molecule has 0 aliphatic carbocycles. The molecule has 0 bridgehead atoms. The normalized spacial score (nSPS) is 12.6. The van der Waals surface area contributed by atoms with Gasteiger partial charge in [0.05, 0.1) is 16.1 Å². The lowest BCUT2D eigenvalue weighted by molar-refractivity contribution is 0.175. The van der Waals surface area contributed by atoms with E-state index < -0.39 is 6.10 Å². The van der Waals surface area contributed by atoms with Crippen LogP contribution in [0.4, 0.5) is 0 Å². The van der Waals surface area contributed by atoms with E-state index >= 15 is 0 Å². The Balaban J connectivity index is 1.83. The molecule has 1 aromatic heterocycles. The van der Waals surface area contributed by atoms with Crippen molar-refractivity contribution in [2.75, 3.05) is 6.54 Å². The van der Waals surface area contributed by atoms with Gasteiger partial charge in [0.25, 0.3) is 0 Å². The molecule has 1 aromatic carbocycles. The van der Waals surface area contributed by atoms with Gasteiger partial charge in [-0.05, 0) is 40.1 Å². The molecule has 0 saturated carbocycles. The van der Waals surface area contributed by atoms with E-state index in [0.29, 0.717) is 23.1 Å². The maximum Gasteiger partial charge on any atom is 0.0922 e. The second-order valence-electron chi connectivity index (χ2n) is 3.95. The van der Waals surface area contributed by atoms with Crippen LogP contribution < -0.4 is 5.32 Å². The van der Waals surface area contributed by atoms with Gasteiger partial charge in [0.2, 0.25) is 0 Å². The number of nitrogens with one attached hydrogen (secondary N) is 1. The summed E-state index contributed by atoms with van der Waals surface area (Å²) in [5.74, 6) is 0. The summed E-state index contributed by atoms with van der Waals surface area (Å²) in [7, 11) is 0. The van der Waals surface area contributed by atoms with Crippen LogP contribution in [0.2, 0.25) is 10.0 Å². The number of benzene rings is 1. The molecule has 0 fully saturated rings. The number of halogens is 2. The van der Waals surface area contributed by atoms with Crippen molar-refractivity contribution in [3.63, 3.8) is 0 Å². The first-order chi connectivity index (χ1) is 8.66. The Morgan fingerprint density at radius 3 is 2.72 bits per heavy atom. The van der Waals surface area contributed by atoms with E-state index in [-0.39, 0.29) is 0 Å². The molecule has 0 spiro atoms. The molecule has 0 radical (unpaired) electrons. The van der Waals surface area contributed by atoms with Crippen LogP contribution in [-0.4, -0.2) is 11.7 Å². The standard InChI is InChI=1S/C13H13Cl2NOS/c14-11-2-1-9(5-12(11)15)6-16-7-13(17)10-3-4-18-8-10/h1-5,8,13,16-17H,6-7H2. The lowest BCUT2D eigenvalue weighted by Crippen LogP contribution is -2.20. The minimum atomic E-state index is -0.473. The first-order valence-corrected chi connectivity index (χ1v) is 7.21. The van der Waals surface area contributed by atoms with Gasteiger partial charge in [0, 0.05) is 13.1 Å². The van der Waals surface area contributed by atoms with Crippen molar-refractivity contribution in [3.8, 4) is 0 Å². The highest BCUT2D eigenvalue weighted by molar-refractivity contribution is 7.07. The maximum atomic E-state index is 9.88. The molecule has 1 unspecified atom stereocenters. The lowest BCUT2D eigenvalue weighted by Gasteiger charge is -2.10. The summed E-state index contributed by atoms with van der Waals surface area (Å²) in [5.41, 5.74) is 1.99. The van der Waals surface area contributed by atoms with E-state index in [1.807, 2.05) is 29.0 Å². The van der Waals surface area contributed by atoms with Crippen LogP contribution in [0.3, 0.4) is 0 Å². The average Bonchev–Trinajstić information content (AvgIpc) is 2.87. The van der Waals surface area contributed by atoms with Gasteiger partial charge in [0.15, 0.2) is 0 Å². The van der Waals surface area contributed by atoms with Crippen LogP contribution >= 0.6 is 34.5 Å². The molecular formula is C13H13Cl2NOS. The molecular weight excluding hydrogens is 289 g/mol. The molecule has 1 atom stereocenters. The van der Waals surface area contributed by atoms with Gasteiger partial charge in [-0.3, -0.25) is 0 Å². The van der Waals surface area contributed by atoms with E-state index in [1.54, 1.807) is 17.4 Å². The average molecular weight is 302 g/mol. The molecule has 96 valence electrons. The molecule has 0 aliphatic rings. The van der Waals surface area contributed by atoms with Crippen molar-refractivity contribution in [2.24, 2.45) is 0 Å². The first-order valence-electron chi connectivity index (χ1n) is 5.51. The molecule has 2 N–H and O–H groups in total. The van der Waals surface area contributed by atoms with Crippen molar-refractivity contribution in [1.29, 1.82) is 0 Å². The predicted octanol–water partition coefficient (Wildman–Crippen LogP) is 3.88. The summed E-state index contributed by atoms with van der Waals surface area (Å²) in [6.45, 7) is 1.16. The van der Waals surface area contributed by atoms with Gasteiger partial charge in [-0.1, -0.05) is 29.3 Å². The Labute approximate surface area is 120 Å². The minimum absolute atomic E-state index is 0.473. The molecule has 1 heterocycles. The van der Waals surface area contributed by atoms with E-state index in [2.05, 4.69) is 5.32 Å². The van der Waals surface area contributed by atoms with E-state index in [1.165, 1.54) is 0 Å². The minimum Gasteiger partial charge on any atom is -0.387 e. The fraction of sp³-hybridized carbons (Fsp3) is 0.231. The monoisotopic (exact) mass is 301 g/mol. The fourth-order valence-corrected chi connectivity index (χ4v) is 2.61. The van der Waals surface area contributed by atoms with E-state index in [0.717, 1.165) is 11.1 Å². The Hall–Kier alpha value is -0.580. The van der Waals surface area contributed by atoms with Crippen LogP contribution in [0.1, 0.15) is 17.2 Å². The van der Waals surface area contributed by atoms with Crippen molar-refractivity contribution in [3.05, 3.63) is 56.2 Å². The van der Waals surface area contributed by atoms with E-state index in [9.17, 15) is 5.11 Å². The quantitative estimate of drug-likeness (QED) is 0.878. The SMILES string of the molecule is OC(CNCc1ccc(Cl)c(Cl)c1)c1ccsc1. The van der Waals surface area contributed by atoms with Crippen LogP contribution in [-0.2, 0) is 6.54 Å². The molecule has 2 aromatic rings. The van der Waals surface area contributed by atoms with Crippen LogP contribution in [0.5, 0.6) is 0 Å². The maximum absolute atomic E-state index is 9.88. The Morgan fingerprint density at radius 2 is 2.06 bits per heavy atom. The number of aliphatic hydroxyl groups is 1. The summed E-state index contributed by atoms with van der Waals surface area (Å²) < 4.78 is 0. The highest BCUT2D eigenvalue weighted by atomic mass is 35.5. The molecule has 0 aliphatic heterocycles. The number of thiophene rings is 1. The number of hydrogen-bond donors (Lipinski definition) is 2. The van der Waals surface area contributed by atoms with Crippen molar-refractivity contribution >= 4 is 34.5 Å². The Morgan fingerprint density at radius 1 is 1.22 bits per heavy atom. The van der Waals surface area contributed by atoms with Gasteiger partial charge in [-0.25, -0.2) is 0 Å². The van der Waals surface area contributed by atoms with Crippen LogP contribution in [0, 0.1) is 0 Å². The van der Waals surface area contributed by atoms with E-state index in [4.69, 9.17) is 23.2 Å². The molecule has 2 nitrogen and oxygen atoms in total. The third-order valence-electron chi connectivity index (χ3n) is 2.58. The molecule has 0 amide bonds. The second kappa shape index (κ2) is 6.55. The van der Waals surface area contributed by atoms with Crippen molar-refractivity contribution < 1.29 is 5.11 Å². The van der Waals surface area contributed by atoms with Gasteiger partial charge in [-0.15, -0.1) is 0 Å². The van der Waals surface area contributed by atoms with Gasteiger partial charge < -0.3 is 10.4 Å². The zero-order chi connectivity index (χ0) is 13.0. The molecule has 18 heavy (non-hydrogen) atoms. The Bertz CT molecular complexity index is 502. The summed E-state index contributed by atoms with van der Waals surface area (Å²) in [6.07, 6.45) is -0.473. The summed E-state index contributed by atoms with van der Waals surface area (Å²) in [5, 5.41) is 18.1. The van der Waals surface area contributed by atoms with Gasteiger partial charge >= 0.3 is 0 Å². The zero-order valence-corrected chi connectivity index (χ0v) is 11.9. The summed E-state index contributed by atoms with van der Waals surface area (Å²) in [6, 6.07) is 7.44. The number of hydrogen-bond acceptors (Lipinski definition) is 3. The van der Waals surface area contributed by atoms with Crippen LogP contribution in [0.15, 0.2) is 35.0 Å². The molecule has 2 rings (SSSR count). The first kappa shape index (κ1) is 13.8. The molecule has 5 heteroatoms. The summed E-state index contributed by atoms with van der Waals surface area (Å²) in [4.78, 5) is 0. The highest BCUT2D eigenvalue weighted by Gasteiger charge is 2.07. The largest absolute Gasteiger partial charge is 0.387 e. The van der Waals surface area contributed by atoms with Gasteiger partial charge in [-0.2, -0.15) is 11.3 Å². The second-order valence-corrected chi connectivity index (χ2v) is 5.55. The van der Waals surface area contributed by atoms with Crippen molar-refractivity contribution in [2.45, 2.75) is 12.6 Å². The third-order valence-corrected chi connectivity index (χ3v) is 4.02. The third kappa shape index (κ3) is 3.70. The number of rotatable bonds is 5. The zero-order valence-electron chi connectivity index (χ0n) is 9.57.